The Morgan fingerprint density at radius 3 is 2.62 bits per heavy atom. The summed E-state index contributed by atoms with van der Waals surface area (Å²) in [6.45, 7) is 1.64. The largest absolute Gasteiger partial charge is 0.480 e. The Labute approximate surface area is 90.9 Å². The highest BCUT2D eigenvalue weighted by Gasteiger charge is 2.18. The molecule has 1 atom stereocenters. The highest BCUT2D eigenvalue weighted by atomic mass is 16.4. The molecule has 0 aliphatic carbocycles. The molecule has 0 aliphatic heterocycles. The molecule has 0 aliphatic rings. The van der Waals surface area contributed by atoms with Crippen molar-refractivity contribution in [2.75, 3.05) is 0 Å². The minimum absolute atomic E-state index is 0.110. The molecule has 1 unspecified atom stereocenters. The highest BCUT2D eigenvalue weighted by molar-refractivity contribution is 5.96. The molecule has 0 bridgehead atoms. The van der Waals surface area contributed by atoms with Crippen LogP contribution in [0.2, 0.25) is 0 Å². The van der Waals surface area contributed by atoms with Gasteiger partial charge >= 0.3 is 11.6 Å². The average molecular weight is 225 g/mol. The van der Waals surface area contributed by atoms with Crippen LogP contribution < -0.4 is 10.9 Å². The molecule has 1 heterocycles. The van der Waals surface area contributed by atoms with E-state index in [-0.39, 0.29) is 12.0 Å². The van der Waals surface area contributed by atoms with Gasteiger partial charge in [0.15, 0.2) is 0 Å². The molecule has 0 aromatic carbocycles. The van der Waals surface area contributed by atoms with Gasteiger partial charge in [-0.25, -0.2) is 9.59 Å². The van der Waals surface area contributed by atoms with E-state index in [0.29, 0.717) is 0 Å². The van der Waals surface area contributed by atoms with Gasteiger partial charge in [0.25, 0.3) is 5.91 Å². The minimum Gasteiger partial charge on any atom is -0.480 e. The lowest BCUT2D eigenvalue weighted by Gasteiger charge is -2.11. The van der Waals surface area contributed by atoms with E-state index in [9.17, 15) is 14.4 Å². The second-order valence-corrected chi connectivity index (χ2v) is 3.12. The molecule has 6 nitrogen and oxygen atoms in total. The highest BCUT2D eigenvalue weighted by Crippen LogP contribution is 1.98. The molecule has 2 N–H and O–H groups in total. The van der Waals surface area contributed by atoms with E-state index in [1.807, 2.05) is 0 Å². The quantitative estimate of drug-likeness (QED) is 0.764. The molecule has 0 fully saturated rings. The topological polar surface area (TPSA) is 96.6 Å². The average Bonchev–Trinajstić information content (AvgIpc) is 2.26. The number of amides is 1. The number of hydrogen-bond acceptors (Lipinski definition) is 4. The van der Waals surface area contributed by atoms with E-state index in [1.54, 1.807) is 6.92 Å². The van der Waals surface area contributed by atoms with Gasteiger partial charge in [0.2, 0.25) is 0 Å². The number of hydrogen-bond donors (Lipinski definition) is 2. The van der Waals surface area contributed by atoms with Crippen molar-refractivity contribution in [3.8, 4) is 0 Å². The Balaban J connectivity index is 2.75. The summed E-state index contributed by atoms with van der Waals surface area (Å²) >= 11 is 0. The monoisotopic (exact) mass is 225 g/mol. The van der Waals surface area contributed by atoms with Gasteiger partial charge in [-0.05, 0) is 12.5 Å². The molecule has 0 radical (unpaired) electrons. The van der Waals surface area contributed by atoms with Gasteiger partial charge in [-0.15, -0.1) is 0 Å². The number of nitrogens with one attached hydrogen (secondary N) is 1. The molecular weight excluding hydrogens is 214 g/mol. The second-order valence-electron chi connectivity index (χ2n) is 3.12. The third-order valence-corrected chi connectivity index (χ3v) is 1.97. The zero-order valence-electron chi connectivity index (χ0n) is 8.60. The summed E-state index contributed by atoms with van der Waals surface area (Å²) in [7, 11) is 0. The Bertz CT molecular complexity index is 430. The van der Waals surface area contributed by atoms with E-state index in [4.69, 9.17) is 5.11 Å². The Kier molecular flexibility index (Phi) is 3.82. The second kappa shape index (κ2) is 5.11. The molecule has 16 heavy (non-hydrogen) atoms. The van der Waals surface area contributed by atoms with Crippen LogP contribution in [0.3, 0.4) is 0 Å². The smallest absolute Gasteiger partial charge is 0.335 e. The number of aliphatic carboxylic acids is 1. The summed E-state index contributed by atoms with van der Waals surface area (Å²) in [5.74, 6) is -1.69. The van der Waals surface area contributed by atoms with Gasteiger partial charge in [0, 0.05) is 6.07 Å². The standard InChI is InChI=1S/C10H11NO5/c1-2-7(10(14)15)11-9(13)6-3-4-8(12)16-5-6/h3-5,7H,2H2,1H3,(H,11,13)(H,14,15). The summed E-state index contributed by atoms with van der Waals surface area (Å²) in [6.07, 6.45) is 1.27. The van der Waals surface area contributed by atoms with Gasteiger partial charge in [-0.3, -0.25) is 4.79 Å². The minimum atomic E-state index is -1.10. The van der Waals surface area contributed by atoms with E-state index < -0.39 is 23.5 Å². The molecule has 6 heteroatoms. The number of carboxylic acids is 1. The normalized spacial score (nSPS) is 11.8. The third-order valence-electron chi connectivity index (χ3n) is 1.97. The SMILES string of the molecule is CCC(NC(=O)c1ccc(=O)oc1)C(=O)O. The van der Waals surface area contributed by atoms with E-state index in [2.05, 4.69) is 9.73 Å². The number of carbonyl (C=O) groups is 2. The lowest BCUT2D eigenvalue weighted by Crippen LogP contribution is -2.40. The van der Waals surface area contributed by atoms with Crippen molar-refractivity contribution in [3.05, 3.63) is 34.4 Å². The molecule has 1 aromatic rings. The molecular formula is C10H11NO5. The van der Waals surface area contributed by atoms with Gasteiger partial charge in [0.1, 0.15) is 12.3 Å². The van der Waals surface area contributed by atoms with E-state index in [0.717, 1.165) is 12.3 Å². The molecule has 1 amide bonds. The van der Waals surface area contributed by atoms with Crippen LogP contribution in [0.4, 0.5) is 0 Å². The van der Waals surface area contributed by atoms with Crippen LogP contribution in [0.15, 0.2) is 27.6 Å². The first-order valence-corrected chi connectivity index (χ1v) is 4.67. The molecule has 0 saturated carbocycles. The first kappa shape index (κ1) is 12.0. The van der Waals surface area contributed by atoms with Crippen LogP contribution >= 0.6 is 0 Å². The van der Waals surface area contributed by atoms with Crippen LogP contribution in [0.1, 0.15) is 23.7 Å². The molecule has 1 rings (SSSR count). The Morgan fingerprint density at radius 1 is 1.50 bits per heavy atom. The fourth-order valence-corrected chi connectivity index (χ4v) is 1.07. The molecule has 1 aromatic heterocycles. The van der Waals surface area contributed by atoms with Crippen molar-refractivity contribution in [2.24, 2.45) is 0 Å². The molecule has 86 valence electrons. The van der Waals surface area contributed by atoms with Gasteiger partial charge in [-0.1, -0.05) is 6.92 Å². The van der Waals surface area contributed by atoms with Crippen molar-refractivity contribution >= 4 is 11.9 Å². The fourth-order valence-electron chi connectivity index (χ4n) is 1.07. The van der Waals surface area contributed by atoms with Crippen LogP contribution in [0.25, 0.3) is 0 Å². The lowest BCUT2D eigenvalue weighted by molar-refractivity contribution is -0.139. The van der Waals surface area contributed by atoms with Crippen LogP contribution in [0, 0.1) is 0 Å². The maximum atomic E-state index is 11.5. The fraction of sp³-hybridized carbons (Fsp3) is 0.300. The van der Waals surface area contributed by atoms with Crippen molar-refractivity contribution in [1.82, 2.24) is 5.32 Å². The maximum Gasteiger partial charge on any atom is 0.335 e. The molecule has 0 saturated heterocycles. The van der Waals surface area contributed by atoms with Gasteiger partial charge < -0.3 is 14.8 Å². The van der Waals surface area contributed by atoms with E-state index >= 15 is 0 Å². The first-order chi connectivity index (χ1) is 7.54. The molecule has 0 spiro atoms. The summed E-state index contributed by atoms with van der Waals surface area (Å²) in [4.78, 5) is 32.8. The van der Waals surface area contributed by atoms with E-state index in [1.165, 1.54) is 6.07 Å². The lowest BCUT2D eigenvalue weighted by atomic mass is 10.2. The van der Waals surface area contributed by atoms with Crippen molar-refractivity contribution in [1.29, 1.82) is 0 Å². The van der Waals surface area contributed by atoms with Crippen LogP contribution in [-0.4, -0.2) is 23.0 Å². The zero-order valence-corrected chi connectivity index (χ0v) is 8.60. The van der Waals surface area contributed by atoms with Crippen LogP contribution in [-0.2, 0) is 4.79 Å². The maximum absolute atomic E-state index is 11.5. The number of rotatable bonds is 4. The number of carboxylic acid groups (broad SMARTS) is 1. The predicted molar refractivity (Wildman–Crippen MR) is 54.2 cm³/mol. The first-order valence-electron chi connectivity index (χ1n) is 4.67. The van der Waals surface area contributed by atoms with Crippen molar-refractivity contribution in [2.45, 2.75) is 19.4 Å². The van der Waals surface area contributed by atoms with Crippen molar-refractivity contribution < 1.29 is 19.1 Å². The van der Waals surface area contributed by atoms with Crippen molar-refractivity contribution in [3.63, 3.8) is 0 Å². The Morgan fingerprint density at radius 2 is 2.19 bits per heavy atom. The predicted octanol–water partition coefficient (Wildman–Crippen LogP) is 0.233. The van der Waals surface area contributed by atoms with Gasteiger partial charge in [-0.2, -0.15) is 0 Å². The summed E-state index contributed by atoms with van der Waals surface area (Å²) < 4.78 is 4.49. The summed E-state index contributed by atoms with van der Waals surface area (Å²) in [5.41, 5.74) is -0.457. The zero-order chi connectivity index (χ0) is 12.1. The summed E-state index contributed by atoms with van der Waals surface area (Å²) in [5, 5.41) is 11.0. The third kappa shape index (κ3) is 2.94. The van der Waals surface area contributed by atoms with Gasteiger partial charge in [0.05, 0.1) is 5.56 Å². The summed E-state index contributed by atoms with van der Waals surface area (Å²) in [6, 6.07) is 1.42. The van der Waals surface area contributed by atoms with Crippen LogP contribution in [0.5, 0.6) is 0 Å². The number of carbonyl (C=O) groups excluding carboxylic acids is 1. The Hall–Kier alpha value is -2.11.